The first-order valence-electron chi connectivity index (χ1n) is 4.28. The summed E-state index contributed by atoms with van der Waals surface area (Å²) in [4.78, 5) is 12.2. The third-order valence-electron chi connectivity index (χ3n) is 1.79. The third-order valence-corrected chi connectivity index (χ3v) is 2.72. The Morgan fingerprint density at radius 3 is 2.87 bits per heavy atom. The number of aromatic nitrogens is 4. The Bertz CT molecular complexity index is 469. The van der Waals surface area contributed by atoms with Gasteiger partial charge in [-0.1, -0.05) is 18.2 Å². The zero-order valence-corrected chi connectivity index (χ0v) is 8.78. The maximum atomic E-state index is 11.3. The first-order valence-corrected chi connectivity index (χ1v) is 5.10. The molecule has 0 atom stereocenters. The smallest absolute Gasteiger partial charge is 0.235 e. The Hall–Kier alpha value is -1.69. The van der Waals surface area contributed by atoms with Crippen molar-refractivity contribution in [1.82, 2.24) is 20.6 Å². The molecule has 6 heteroatoms. The van der Waals surface area contributed by atoms with Gasteiger partial charge in [0.2, 0.25) is 5.16 Å². The minimum Gasteiger partial charge on any atom is -0.294 e. The van der Waals surface area contributed by atoms with E-state index in [9.17, 15) is 4.79 Å². The summed E-state index contributed by atoms with van der Waals surface area (Å²) in [6.45, 7) is 1.54. The number of benzene rings is 1. The van der Waals surface area contributed by atoms with Crippen LogP contribution in [0.2, 0.25) is 0 Å². The highest BCUT2D eigenvalue weighted by atomic mass is 32.2. The van der Waals surface area contributed by atoms with Crippen molar-refractivity contribution < 1.29 is 4.79 Å². The largest absolute Gasteiger partial charge is 0.294 e. The van der Waals surface area contributed by atoms with Crippen molar-refractivity contribution in [2.75, 3.05) is 0 Å². The first-order chi connectivity index (χ1) is 7.27. The van der Waals surface area contributed by atoms with E-state index < -0.39 is 0 Å². The number of carbonyl (C=O) groups excluding carboxylic acids is 1. The average molecular weight is 220 g/mol. The molecule has 2 rings (SSSR count). The van der Waals surface area contributed by atoms with E-state index in [1.165, 1.54) is 18.7 Å². The fraction of sp³-hybridized carbons (Fsp3) is 0.111. The Balaban J connectivity index is 2.32. The van der Waals surface area contributed by atoms with Gasteiger partial charge in [0.25, 0.3) is 0 Å². The molecule has 0 radical (unpaired) electrons. The van der Waals surface area contributed by atoms with Crippen LogP contribution in [0.5, 0.6) is 0 Å². The molecule has 15 heavy (non-hydrogen) atoms. The van der Waals surface area contributed by atoms with Gasteiger partial charge in [0.05, 0.1) is 0 Å². The van der Waals surface area contributed by atoms with Gasteiger partial charge >= 0.3 is 0 Å². The number of H-pyrrole nitrogens is 1. The minimum atomic E-state index is 0.0293. The molecule has 0 aliphatic rings. The fourth-order valence-corrected chi connectivity index (χ4v) is 1.97. The zero-order chi connectivity index (χ0) is 10.7. The number of ketones is 1. The summed E-state index contributed by atoms with van der Waals surface area (Å²) < 4.78 is 0. The lowest BCUT2D eigenvalue weighted by atomic mass is 10.1. The molecule has 0 fully saturated rings. The molecule has 0 aliphatic carbocycles. The van der Waals surface area contributed by atoms with Crippen molar-refractivity contribution in [2.24, 2.45) is 0 Å². The van der Waals surface area contributed by atoms with Crippen LogP contribution in [0, 0.1) is 0 Å². The minimum absolute atomic E-state index is 0.0293. The highest BCUT2D eigenvalue weighted by Gasteiger charge is 2.09. The number of carbonyl (C=O) groups is 1. The first kappa shape index (κ1) is 9.85. The third kappa shape index (κ3) is 2.21. The predicted molar refractivity (Wildman–Crippen MR) is 54.7 cm³/mol. The summed E-state index contributed by atoms with van der Waals surface area (Å²) >= 11 is 1.31. The molecule has 76 valence electrons. The summed E-state index contributed by atoms with van der Waals surface area (Å²) in [7, 11) is 0. The van der Waals surface area contributed by atoms with Gasteiger partial charge in [-0.15, -0.1) is 10.2 Å². The second-order valence-electron chi connectivity index (χ2n) is 2.85. The van der Waals surface area contributed by atoms with E-state index in [0.29, 0.717) is 10.7 Å². The lowest BCUT2D eigenvalue weighted by Crippen LogP contribution is -1.94. The molecule has 1 aromatic carbocycles. The van der Waals surface area contributed by atoms with Crippen LogP contribution >= 0.6 is 11.8 Å². The van der Waals surface area contributed by atoms with Gasteiger partial charge in [-0.25, -0.2) is 0 Å². The number of rotatable bonds is 3. The standard InChI is InChI=1S/C9H8N4OS/c1-6(14)7-4-2-3-5-8(7)15-9-10-12-13-11-9/h2-5H,1H3,(H,10,11,12,13). The molecule has 5 nitrogen and oxygen atoms in total. The Kier molecular flexibility index (Phi) is 2.77. The Labute approximate surface area is 90.3 Å². The Morgan fingerprint density at radius 1 is 1.40 bits per heavy atom. The number of tetrazole rings is 1. The topological polar surface area (TPSA) is 71.5 Å². The number of hydrogen-bond acceptors (Lipinski definition) is 5. The van der Waals surface area contributed by atoms with Crippen molar-refractivity contribution in [3.05, 3.63) is 29.8 Å². The molecule has 0 spiro atoms. The highest BCUT2D eigenvalue weighted by Crippen LogP contribution is 2.27. The van der Waals surface area contributed by atoms with Crippen molar-refractivity contribution in [2.45, 2.75) is 17.0 Å². The lowest BCUT2D eigenvalue weighted by molar-refractivity contribution is 0.101. The Morgan fingerprint density at radius 2 is 2.20 bits per heavy atom. The van der Waals surface area contributed by atoms with Crippen molar-refractivity contribution in [1.29, 1.82) is 0 Å². The molecule has 0 saturated heterocycles. The fourth-order valence-electron chi connectivity index (χ4n) is 1.14. The summed E-state index contributed by atoms with van der Waals surface area (Å²) in [6, 6.07) is 7.34. The van der Waals surface area contributed by atoms with Crippen molar-refractivity contribution >= 4 is 17.5 Å². The van der Waals surface area contributed by atoms with E-state index in [1.807, 2.05) is 18.2 Å². The molecule has 2 aromatic rings. The molecule has 1 aromatic heterocycles. The molecule has 1 heterocycles. The van der Waals surface area contributed by atoms with E-state index in [2.05, 4.69) is 20.6 Å². The van der Waals surface area contributed by atoms with Gasteiger partial charge in [0.1, 0.15) is 0 Å². The van der Waals surface area contributed by atoms with Crippen LogP contribution in [0.1, 0.15) is 17.3 Å². The second-order valence-corrected chi connectivity index (χ2v) is 3.86. The maximum absolute atomic E-state index is 11.3. The van der Waals surface area contributed by atoms with Crippen LogP contribution < -0.4 is 0 Å². The summed E-state index contributed by atoms with van der Waals surface area (Å²) in [5.41, 5.74) is 0.673. The van der Waals surface area contributed by atoms with E-state index in [4.69, 9.17) is 0 Å². The molecule has 1 N–H and O–H groups in total. The van der Waals surface area contributed by atoms with Crippen LogP contribution in [-0.4, -0.2) is 26.4 Å². The highest BCUT2D eigenvalue weighted by molar-refractivity contribution is 7.99. The molecule has 0 aliphatic heterocycles. The molecule has 0 saturated carbocycles. The summed E-state index contributed by atoms with van der Waals surface area (Å²) in [5.74, 6) is 0.0293. The number of nitrogens with one attached hydrogen (secondary N) is 1. The van der Waals surface area contributed by atoms with Crippen molar-refractivity contribution in [3.63, 3.8) is 0 Å². The number of hydrogen-bond donors (Lipinski definition) is 1. The molecule has 0 bridgehead atoms. The van der Waals surface area contributed by atoms with Crippen LogP contribution in [-0.2, 0) is 0 Å². The molecular formula is C9H8N4OS. The van der Waals surface area contributed by atoms with Gasteiger partial charge in [0, 0.05) is 10.5 Å². The number of aromatic amines is 1. The van der Waals surface area contributed by atoms with Gasteiger partial charge in [-0.2, -0.15) is 5.21 Å². The van der Waals surface area contributed by atoms with E-state index >= 15 is 0 Å². The van der Waals surface area contributed by atoms with Gasteiger partial charge in [-0.3, -0.25) is 4.79 Å². The SMILES string of the molecule is CC(=O)c1ccccc1Sc1nn[nH]n1. The molecule has 0 amide bonds. The van der Waals surface area contributed by atoms with Crippen LogP contribution in [0.25, 0.3) is 0 Å². The summed E-state index contributed by atoms with van der Waals surface area (Å²) in [6.07, 6.45) is 0. The maximum Gasteiger partial charge on any atom is 0.235 e. The van der Waals surface area contributed by atoms with Gasteiger partial charge in [-0.05, 0) is 30.0 Å². The second kappa shape index (κ2) is 4.22. The van der Waals surface area contributed by atoms with E-state index in [1.54, 1.807) is 6.07 Å². The van der Waals surface area contributed by atoms with E-state index in [0.717, 1.165) is 4.90 Å². The average Bonchev–Trinajstić information content (AvgIpc) is 2.71. The monoisotopic (exact) mass is 220 g/mol. The summed E-state index contributed by atoms with van der Waals surface area (Å²) in [5, 5.41) is 13.9. The lowest BCUT2D eigenvalue weighted by Gasteiger charge is -2.02. The number of nitrogens with zero attached hydrogens (tertiary/aromatic N) is 3. The quantitative estimate of drug-likeness (QED) is 0.794. The van der Waals surface area contributed by atoms with Crippen LogP contribution in [0.3, 0.4) is 0 Å². The van der Waals surface area contributed by atoms with Gasteiger partial charge < -0.3 is 0 Å². The predicted octanol–water partition coefficient (Wildman–Crippen LogP) is 1.55. The van der Waals surface area contributed by atoms with Crippen molar-refractivity contribution in [3.8, 4) is 0 Å². The van der Waals surface area contributed by atoms with Crippen LogP contribution in [0.15, 0.2) is 34.3 Å². The van der Waals surface area contributed by atoms with E-state index in [-0.39, 0.29) is 5.78 Å². The van der Waals surface area contributed by atoms with Crippen LogP contribution in [0.4, 0.5) is 0 Å². The zero-order valence-electron chi connectivity index (χ0n) is 7.97. The molecule has 0 unspecified atom stereocenters. The normalized spacial score (nSPS) is 10.2. The van der Waals surface area contributed by atoms with Gasteiger partial charge in [0.15, 0.2) is 5.78 Å². The number of Topliss-reactive ketones (excluding diaryl/α,β-unsaturated/α-hetero) is 1. The molecular weight excluding hydrogens is 212 g/mol.